The van der Waals surface area contributed by atoms with E-state index in [-0.39, 0.29) is 0 Å². The van der Waals surface area contributed by atoms with Crippen LogP contribution in [-0.4, -0.2) is 50.2 Å². The largest absolute Gasteiger partial charge is 0.369 e. The first-order valence-corrected chi connectivity index (χ1v) is 8.65. The summed E-state index contributed by atoms with van der Waals surface area (Å²) in [6.07, 6.45) is 5.43. The molecule has 0 aliphatic carbocycles. The lowest BCUT2D eigenvalue weighted by Gasteiger charge is -2.37. The van der Waals surface area contributed by atoms with E-state index in [1.807, 2.05) is 12.1 Å². The number of piperazine rings is 1. The van der Waals surface area contributed by atoms with Crippen LogP contribution < -0.4 is 10.2 Å². The molecule has 0 radical (unpaired) electrons. The molecule has 0 bridgehead atoms. The number of anilines is 1. The molecular formula is C17H26ClN3. The van der Waals surface area contributed by atoms with Gasteiger partial charge in [0.2, 0.25) is 0 Å². The monoisotopic (exact) mass is 307 g/mol. The van der Waals surface area contributed by atoms with E-state index < -0.39 is 0 Å². The Morgan fingerprint density at radius 1 is 1.14 bits per heavy atom. The Morgan fingerprint density at radius 3 is 2.71 bits per heavy atom. The Balaban J connectivity index is 1.42. The molecule has 0 amide bonds. The maximum absolute atomic E-state index is 6.08. The highest BCUT2D eigenvalue weighted by Gasteiger charge is 2.19. The quantitative estimate of drug-likeness (QED) is 0.922. The number of hydrogen-bond donors (Lipinski definition) is 1. The van der Waals surface area contributed by atoms with Crippen LogP contribution in [0.4, 0.5) is 5.69 Å². The first-order chi connectivity index (χ1) is 10.3. The zero-order valence-electron chi connectivity index (χ0n) is 12.7. The molecular weight excluding hydrogens is 282 g/mol. The molecule has 2 heterocycles. The number of halogens is 1. The van der Waals surface area contributed by atoms with Crippen LogP contribution in [0.25, 0.3) is 0 Å². The van der Waals surface area contributed by atoms with E-state index in [1.54, 1.807) is 0 Å². The van der Waals surface area contributed by atoms with Gasteiger partial charge in [-0.2, -0.15) is 0 Å². The first-order valence-electron chi connectivity index (χ1n) is 8.27. The summed E-state index contributed by atoms with van der Waals surface area (Å²) in [6.45, 7) is 7.00. The van der Waals surface area contributed by atoms with Crippen molar-refractivity contribution in [2.75, 3.05) is 44.2 Å². The summed E-state index contributed by atoms with van der Waals surface area (Å²) in [5, 5.41) is 4.48. The van der Waals surface area contributed by atoms with E-state index in [9.17, 15) is 0 Å². The van der Waals surface area contributed by atoms with Crippen LogP contribution in [0.3, 0.4) is 0 Å². The zero-order valence-corrected chi connectivity index (χ0v) is 13.5. The number of hydrogen-bond acceptors (Lipinski definition) is 3. The topological polar surface area (TPSA) is 18.5 Å². The van der Waals surface area contributed by atoms with Gasteiger partial charge in [-0.1, -0.05) is 24.1 Å². The van der Waals surface area contributed by atoms with E-state index in [2.05, 4.69) is 27.2 Å². The molecule has 116 valence electrons. The highest BCUT2D eigenvalue weighted by Crippen LogP contribution is 2.21. The van der Waals surface area contributed by atoms with E-state index in [0.29, 0.717) is 0 Å². The minimum atomic E-state index is 0.754. The Kier molecular flexibility index (Phi) is 5.39. The van der Waals surface area contributed by atoms with Gasteiger partial charge < -0.3 is 10.2 Å². The number of piperidine rings is 1. The second-order valence-corrected chi connectivity index (χ2v) is 6.68. The summed E-state index contributed by atoms with van der Waals surface area (Å²) in [6, 6.07) is 8.97. The summed E-state index contributed by atoms with van der Waals surface area (Å²) < 4.78 is 0. The molecule has 1 aromatic carbocycles. The smallest absolute Gasteiger partial charge is 0.0426 e. The van der Waals surface area contributed by atoms with Crippen molar-refractivity contribution in [3.63, 3.8) is 0 Å². The molecule has 0 spiro atoms. The van der Waals surface area contributed by atoms with Crippen molar-refractivity contribution in [2.45, 2.75) is 31.7 Å². The number of nitrogens with one attached hydrogen (secondary N) is 1. The van der Waals surface area contributed by atoms with Gasteiger partial charge in [-0.15, -0.1) is 0 Å². The lowest BCUT2D eigenvalue weighted by molar-refractivity contribution is 0.234. The van der Waals surface area contributed by atoms with Crippen LogP contribution in [0.5, 0.6) is 0 Å². The fraction of sp³-hybridized carbons (Fsp3) is 0.647. The molecule has 2 aliphatic heterocycles. The van der Waals surface area contributed by atoms with Crippen molar-refractivity contribution < 1.29 is 0 Å². The van der Waals surface area contributed by atoms with Crippen molar-refractivity contribution in [1.82, 2.24) is 10.2 Å². The van der Waals surface area contributed by atoms with Crippen LogP contribution in [0.2, 0.25) is 5.02 Å². The summed E-state index contributed by atoms with van der Waals surface area (Å²) >= 11 is 6.08. The van der Waals surface area contributed by atoms with Gasteiger partial charge in [-0.3, -0.25) is 4.90 Å². The number of nitrogens with zero attached hydrogens (tertiary/aromatic N) is 2. The molecule has 2 fully saturated rings. The molecule has 2 aliphatic rings. The third kappa shape index (κ3) is 4.35. The van der Waals surface area contributed by atoms with E-state index >= 15 is 0 Å². The Hall–Kier alpha value is -0.770. The van der Waals surface area contributed by atoms with Gasteiger partial charge in [0.05, 0.1) is 0 Å². The van der Waals surface area contributed by atoms with Gasteiger partial charge in [0.25, 0.3) is 0 Å². The SMILES string of the molecule is Clc1cccc(N2CCN(CCC3CCCCN3)CC2)c1. The Bertz CT molecular complexity index is 437. The summed E-state index contributed by atoms with van der Waals surface area (Å²) in [4.78, 5) is 5.05. The molecule has 3 nitrogen and oxygen atoms in total. The first kappa shape index (κ1) is 15.1. The number of rotatable bonds is 4. The second kappa shape index (κ2) is 7.48. The van der Waals surface area contributed by atoms with E-state index in [1.165, 1.54) is 57.5 Å². The molecule has 21 heavy (non-hydrogen) atoms. The highest BCUT2D eigenvalue weighted by atomic mass is 35.5. The predicted octanol–water partition coefficient (Wildman–Crippen LogP) is 2.99. The third-order valence-corrected chi connectivity index (χ3v) is 4.99. The fourth-order valence-electron chi connectivity index (χ4n) is 3.41. The van der Waals surface area contributed by atoms with Gasteiger partial charge in [0.15, 0.2) is 0 Å². The fourth-order valence-corrected chi connectivity index (χ4v) is 3.60. The van der Waals surface area contributed by atoms with Crippen molar-refractivity contribution in [1.29, 1.82) is 0 Å². The van der Waals surface area contributed by atoms with E-state index in [4.69, 9.17) is 11.6 Å². The molecule has 1 aromatic rings. The van der Waals surface area contributed by atoms with Crippen molar-refractivity contribution in [2.24, 2.45) is 0 Å². The zero-order chi connectivity index (χ0) is 14.5. The predicted molar refractivity (Wildman–Crippen MR) is 90.4 cm³/mol. The minimum absolute atomic E-state index is 0.754. The molecule has 4 heteroatoms. The maximum atomic E-state index is 6.08. The lowest BCUT2D eigenvalue weighted by atomic mass is 10.0. The summed E-state index contributed by atoms with van der Waals surface area (Å²) in [7, 11) is 0. The van der Waals surface area contributed by atoms with Gasteiger partial charge in [-0.05, 0) is 50.6 Å². The van der Waals surface area contributed by atoms with Crippen molar-refractivity contribution in [3.8, 4) is 0 Å². The summed E-state index contributed by atoms with van der Waals surface area (Å²) in [5.41, 5.74) is 1.26. The number of benzene rings is 1. The molecule has 0 aromatic heterocycles. The maximum Gasteiger partial charge on any atom is 0.0426 e. The van der Waals surface area contributed by atoms with E-state index in [0.717, 1.165) is 24.2 Å². The molecule has 0 saturated carbocycles. The molecule has 1 atom stereocenters. The third-order valence-electron chi connectivity index (χ3n) is 4.75. The summed E-state index contributed by atoms with van der Waals surface area (Å²) in [5.74, 6) is 0. The standard InChI is InChI=1S/C17H26ClN3/c18-15-4-3-6-17(14-15)21-12-10-20(11-13-21)9-7-16-5-1-2-8-19-16/h3-4,6,14,16,19H,1-2,5,7-13H2. The van der Waals surface area contributed by atoms with Gasteiger partial charge in [-0.25, -0.2) is 0 Å². The van der Waals surface area contributed by atoms with Crippen LogP contribution in [-0.2, 0) is 0 Å². The molecule has 1 N–H and O–H groups in total. The average molecular weight is 308 g/mol. The Labute approximate surface area is 133 Å². The van der Waals surface area contributed by atoms with Crippen LogP contribution in [0.15, 0.2) is 24.3 Å². The van der Waals surface area contributed by atoms with Gasteiger partial charge in [0, 0.05) is 42.9 Å². The highest BCUT2D eigenvalue weighted by molar-refractivity contribution is 6.30. The van der Waals surface area contributed by atoms with Crippen LogP contribution >= 0.6 is 11.6 Å². The lowest BCUT2D eigenvalue weighted by Crippen LogP contribution is -2.47. The molecule has 3 rings (SSSR count). The molecule has 2 saturated heterocycles. The Morgan fingerprint density at radius 2 is 2.00 bits per heavy atom. The van der Waals surface area contributed by atoms with Crippen molar-refractivity contribution >= 4 is 17.3 Å². The van der Waals surface area contributed by atoms with Crippen LogP contribution in [0, 0.1) is 0 Å². The average Bonchev–Trinajstić information content (AvgIpc) is 2.54. The van der Waals surface area contributed by atoms with Gasteiger partial charge in [0.1, 0.15) is 0 Å². The minimum Gasteiger partial charge on any atom is -0.369 e. The van der Waals surface area contributed by atoms with Crippen LogP contribution in [0.1, 0.15) is 25.7 Å². The second-order valence-electron chi connectivity index (χ2n) is 6.24. The normalized spacial score (nSPS) is 24.2. The molecule has 1 unspecified atom stereocenters. The van der Waals surface area contributed by atoms with Crippen molar-refractivity contribution in [3.05, 3.63) is 29.3 Å². The van der Waals surface area contributed by atoms with Gasteiger partial charge >= 0.3 is 0 Å².